The normalized spacial score (nSPS) is 10.8. The lowest BCUT2D eigenvalue weighted by Crippen LogP contribution is -1.95. The van der Waals surface area contributed by atoms with Crippen LogP contribution in [0.2, 0.25) is 0 Å². The predicted molar refractivity (Wildman–Crippen MR) is 98.1 cm³/mol. The molecule has 0 aliphatic rings. The fourth-order valence-electron chi connectivity index (χ4n) is 2.45. The number of aromatic nitrogens is 2. The van der Waals surface area contributed by atoms with Crippen molar-refractivity contribution in [3.8, 4) is 28.6 Å². The van der Waals surface area contributed by atoms with E-state index in [-0.39, 0.29) is 0 Å². The Morgan fingerprint density at radius 1 is 1.04 bits per heavy atom. The molecule has 0 amide bonds. The molecule has 3 aromatic rings. The Hall–Kier alpha value is -2.21. The SMILES string of the molecule is CCCOc1ccc(-c2nc3cc(OC)c(OC)cc3[nH]2)cc1Br. The van der Waals surface area contributed by atoms with Crippen LogP contribution in [0.25, 0.3) is 22.4 Å². The maximum absolute atomic E-state index is 5.69. The molecule has 5 nitrogen and oxygen atoms in total. The van der Waals surface area contributed by atoms with E-state index in [2.05, 4.69) is 32.8 Å². The number of imidazole rings is 1. The molecule has 0 aliphatic carbocycles. The third-order valence-corrected chi connectivity index (χ3v) is 4.27. The van der Waals surface area contributed by atoms with Crippen LogP contribution >= 0.6 is 15.9 Å². The Kier molecular flexibility index (Phi) is 4.94. The molecular formula is C18H19BrN2O3. The molecule has 126 valence electrons. The first-order valence-electron chi connectivity index (χ1n) is 7.70. The number of fused-ring (bicyclic) bond motifs is 1. The van der Waals surface area contributed by atoms with Gasteiger partial charge < -0.3 is 19.2 Å². The van der Waals surface area contributed by atoms with Crippen LogP contribution in [-0.2, 0) is 0 Å². The van der Waals surface area contributed by atoms with E-state index in [4.69, 9.17) is 14.2 Å². The second kappa shape index (κ2) is 7.13. The highest BCUT2D eigenvalue weighted by Crippen LogP contribution is 2.34. The summed E-state index contributed by atoms with van der Waals surface area (Å²) in [5.41, 5.74) is 2.69. The monoisotopic (exact) mass is 390 g/mol. The number of benzene rings is 2. The highest BCUT2D eigenvalue weighted by atomic mass is 79.9. The summed E-state index contributed by atoms with van der Waals surface area (Å²) < 4.78 is 17.3. The van der Waals surface area contributed by atoms with Crippen molar-refractivity contribution in [1.29, 1.82) is 0 Å². The summed E-state index contributed by atoms with van der Waals surface area (Å²) in [6.07, 6.45) is 0.974. The molecule has 0 radical (unpaired) electrons. The summed E-state index contributed by atoms with van der Waals surface area (Å²) >= 11 is 3.56. The van der Waals surface area contributed by atoms with Gasteiger partial charge in [0, 0.05) is 17.7 Å². The van der Waals surface area contributed by atoms with E-state index in [9.17, 15) is 0 Å². The van der Waals surface area contributed by atoms with Gasteiger partial charge in [0.15, 0.2) is 11.5 Å². The van der Waals surface area contributed by atoms with Crippen LogP contribution < -0.4 is 14.2 Å². The molecule has 6 heteroatoms. The number of halogens is 1. The van der Waals surface area contributed by atoms with Crippen molar-refractivity contribution >= 4 is 27.0 Å². The number of methoxy groups -OCH3 is 2. The van der Waals surface area contributed by atoms with Gasteiger partial charge in [0.1, 0.15) is 11.6 Å². The molecule has 0 unspecified atom stereocenters. The van der Waals surface area contributed by atoms with Crippen LogP contribution in [0.3, 0.4) is 0 Å². The topological polar surface area (TPSA) is 56.4 Å². The summed E-state index contributed by atoms with van der Waals surface area (Å²) in [4.78, 5) is 7.97. The van der Waals surface area contributed by atoms with E-state index in [0.29, 0.717) is 18.1 Å². The van der Waals surface area contributed by atoms with E-state index in [0.717, 1.165) is 39.1 Å². The van der Waals surface area contributed by atoms with Crippen molar-refractivity contribution in [2.45, 2.75) is 13.3 Å². The fraction of sp³-hybridized carbons (Fsp3) is 0.278. The van der Waals surface area contributed by atoms with Gasteiger partial charge in [-0.1, -0.05) is 6.92 Å². The number of nitrogens with zero attached hydrogens (tertiary/aromatic N) is 1. The summed E-state index contributed by atoms with van der Waals surface area (Å²) in [7, 11) is 3.23. The Morgan fingerprint density at radius 3 is 2.46 bits per heavy atom. The highest BCUT2D eigenvalue weighted by Gasteiger charge is 2.12. The summed E-state index contributed by atoms with van der Waals surface area (Å²) in [5.74, 6) is 2.94. The van der Waals surface area contributed by atoms with Gasteiger partial charge >= 0.3 is 0 Å². The molecule has 1 N–H and O–H groups in total. The second-order valence-electron chi connectivity index (χ2n) is 5.30. The van der Waals surface area contributed by atoms with Gasteiger partial charge in [-0.15, -0.1) is 0 Å². The molecule has 0 spiro atoms. The molecule has 1 heterocycles. The van der Waals surface area contributed by atoms with Crippen molar-refractivity contribution in [3.63, 3.8) is 0 Å². The van der Waals surface area contributed by atoms with Crippen molar-refractivity contribution in [3.05, 3.63) is 34.8 Å². The molecule has 24 heavy (non-hydrogen) atoms. The zero-order chi connectivity index (χ0) is 17.1. The quantitative estimate of drug-likeness (QED) is 0.656. The number of aromatic amines is 1. The van der Waals surface area contributed by atoms with Gasteiger partial charge in [-0.05, 0) is 40.5 Å². The van der Waals surface area contributed by atoms with Crippen molar-refractivity contribution in [2.24, 2.45) is 0 Å². The maximum atomic E-state index is 5.69. The lowest BCUT2D eigenvalue weighted by molar-refractivity contribution is 0.315. The van der Waals surface area contributed by atoms with E-state index in [1.165, 1.54) is 0 Å². The molecule has 2 aromatic carbocycles. The van der Waals surface area contributed by atoms with E-state index >= 15 is 0 Å². The molecule has 0 bridgehead atoms. The minimum Gasteiger partial charge on any atom is -0.493 e. The first kappa shape index (κ1) is 16.6. The van der Waals surface area contributed by atoms with Gasteiger partial charge in [-0.2, -0.15) is 0 Å². The molecule has 0 aliphatic heterocycles. The van der Waals surface area contributed by atoms with Gasteiger partial charge in [-0.3, -0.25) is 0 Å². The number of H-pyrrole nitrogens is 1. The first-order chi connectivity index (χ1) is 11.7. The van der Waals surface area contributed by atoms with E-state index in [1.807, 2.05) is 30.3 Å². The number of hydrogen-bond acceptors (Lipinski definition) is 4. The van der Waals surface area contributed by atoms with Crippen molar-refractivity contribution in [2.75, 3.05) is 20.8 Å². The largest absolute Gasteiger partial charge is 0.493 e. The third-order valence-electron chi connectivity index (χ3n) is 3.65. The Bertz CT molecular complexity index is 820. The van der Waals surface area contributed by atoms with Crippen molar-refractivity contribution < 1.29 is 14.2 Å². The Morgan fingerprint density at radius 2 is 1.79 bits per heavy atom. The average molecular weight is 391 g/mol. The minimum absolute atomic E-state index is 0.660. The van der Waals surface area contributed by atoms with Crippen LogP contribution in [0.15, 0.2) is 34.8 Å². The Labute approximate surface area is 149 Å². The summed E-state index contributed by atoms with van der Waals surface area (Å²) in [6.45, 7) is 2.78. The average Bonchev–Trinajstić information content (AvgIpc) is 3.02. The summed E-state index contributed by atoms with van der Waals surface area (Å²) in [6, 6.07) is 9.68. The predicted octanol–water partition coefficient (Wildman–Crippen LogP) is 4.80. The molecule has 0 saturated heterocycles. The highest BCUT2D eigenvalue weighted by molar-refractivity contribution is 9.10. The molecule has 1 aromatic heterocycles. The third kappa shape index (κ3) is 3.19. The van der Waals surface area contributed by atoms with Crippen LogP contribution in [-0.4, -0.2) is 30.8 Å². The summed E-state index contributed by atoms with van der Waals surface area (Å²) in [5, 5.41) is 0. The molecule has 3 rings (SSSR count). The number of ether oxygens (including phenoxy) is 3. The Balaban J connectivity index is 1.98. The van der Waals surface area contributed by atoms with E-state index < -0.39 is 0 Å². The smallest absolute Gasteiger partial charge is 0.163 e. The molecular weight excluding hydrogens is 372 g/mol. The zero-order valence-electron chi connectivity index (χ0n) is 13.9. The standard InChI is InChI=1S/C18H19BrN2O3/c1-4-7-24-15-6-5-11(8-12(15)19)18-20-13-9-16(22-2)17(23-3)10-14(13)21-18/h5-6,8-10H,4,7H2,1-3H3,(H,20,21). The molecule has 0 saturated carbocycles. The van der Waals surface area contributed by atoms with Crippen LogP contribution in [0.1, 0.15) is 13.3 Å². The first-order valence-corrected chi connectivity index (χ1v) is 8.50. The van der Waals surface area contributed by atoms with Crippen LogP contribution in [0.5, 0.6) is 17.2 Å². The maximum Gasteiger partial charge on any atom is 0.163 e. The molecule has 0 fully saturated rings. The number of nitrogens with one attached hydrogen (secondary N) is 1. The second-order valence-corrected chi connectivity index (χ2v) is 6.16. The van der Waals surface area contributed by atoms with Crippen LogP contribution in [0, 0.1) is 0 Å². The number of rotatable bonds is 6. The fourth-order valence-corrected chi connectivity index (χ4v) is 2.94. The van der Waals surface area contributed by atoms with E-state index in [1.54, 1.807) is 14.2 Å². The molecule has 0 atom stereocenters. The van der Waals surface area contributed by atoms with Gasteiger partial charge in [-0.25, -0.2) is 4.98 Å². The van der Waals surface area contributed by atoms with Gasteiger partial charge in [0.05, 0.1) is 36.3 Å². The van der Waals surface area contributed by atoms with Crippen LogP contribution in [0.4, 0.5) is 0 Å². The number of hydrogen-bond donors (Lipinski definition) is 1. The lowest BCUT2D eigenvalue weighted by atomic mass is 10.2. The lowest BCUT2D eigenvalue weighted by Gasteiger charge is -2.07. The van der Waals surface area contributed by atoms with Gasteiger partial charge in [0.2, 0.25) is 0 Å². The zero-order valence-corrected chi connectivity index (χ0v) is 15.4. The van der Waals surface area contributed by atoms with Gasteiger partial charge in [0.25, 0.3) is 0 Å². The minimum atomic E-state index is 0.660. The van der Waals surface area contributed by atoms with Crippen molar-refractivity contribution in [1.82, 2.24) is 9.97 Å².